The lowest BCUT2D eigenvalue weighted by Crippen LogP contribution is -2.40. The summed E-state index contributed by atoms with van der Waals surface area (Å²) in [4.78, 5) is 12.1. The van der Waals surface area contributed by atoms with Gasteiger partial charge in [0.1, 0.15) is 5.60 Å². The normalized spacial score (nSPS) is 13.4. The molecule has 3 aromatic rings. The summed E-state index contributed by atoms with van der Waals surface area (Å²) < 4.78 is 39.1. The highest BCUT2D eigenvalue weighted by atomic mass is 19.4. The van der Waals surface area contributed by atoms with Gasteiger partial charge in [-0.05, 0) is 35.7 Å². The SMILES string of the molecule is CC(O)(CNC(=O)Nc1ccccc1C(F)(F)F)c1ccc(-c2ccccc2)cc1. The molecule has 3 rings (SSSR count). The van der Waals surface area contributed by atoms with E-state index in [1.54, 1.807) is 12.1 Å². The molecule has 0 saturated carbocycles. The van der Waals surface area contributed by atoms with Crippen LogP contribution in [0.1, 0.15) is 18.1 Å². The number of para-hydroxylation sites is 1. The molecule has 0 aromatic heterocycles. The lowest BCUT2D eigenvalue weighted by molar-refractivity contribution is -0.136. The van der Waals surface area contributed by atoms with Crippen LogP contribution in [0, 0.1) is 0 Å². The van der Waals surface area contributed by atoms with Crippen LogP contribution in [0.2, 0.25) is 0 Å². The maximum Gasteiger partial charge on any atom is 0.418 e. The van der Waals surface area contributed by atoms with Crippen molar-refractivity contribution in [3.63, 3.8) is 0 Å². The fourth-order valence-electron chi connectivity index (χ4n) is 3.01. The number of carbonyl (C=O) groups excluding carboxylic acids is 1. The van der Waals surface area contributed by atoms with E-state index in [1.165, 1.54) is 25.1 Å². The highest BCUT2D eigenvalue weighted by Crippen LogP contribution is 2.34. The summed E-state index contributed by atoms with van der Waals surface area (Å²) in [6, 6.07) is 20.8. The lowest BCUT2D eigenvalue weighted by Gasteiger charge is -2.25. The van der Waals surface area contributed by atoms with Crippen LogP contribution < -0.4 is 10.6 Å². The molecule has 0 bridgehead atoms. The number of rotatable bonds is 5. The van der Waals surface area contributed by atoms with E-state index in [4.69, 9.17) is 0 Å². The molecule has 0 aliphatic heterocycles. The molecule has 0 aliphatic rings. The minimum absolute atomic E-state index is 0.183. The van der Waals surface area contributed by atoms with Crippen molar-refractivity contribution in [2.75, 3.05) is 11.9 Å². The molecule has 156 valence electrons. The number of nitrogens with one attached hydrogen (secondary N) is 2. The average Bonchev–Trinajstić information content (AvgIpc) is 2.73. The Morgan fingerprint density at radius 3 is 2.07 bits per heavy atom. The van der Waals surface area contributed by atoms with Gasteiger partial charge < -0.3 is 15.7 Å². The van der Waals surface area contributed by atoms with Crippen molar-refractivity contribution < 1.29 is 23.1 Å². The van der Waals surface area contributed by atoms with Crippen LogP contribution in [0.5, 0.6) is 0 Å². The summed E-state index contributed by atoms with van der Waals surface area (Å²) in [5.41, 5.74) is -0.124. The van der Waals surface area contributed by atoms with E-state index in [2.05, 4.69) is 10.6 Å². The second-order valence-electron chi connectivity index (χ2n) is 7.07. The Labute approximate surface area is 172 Å². The predicted molar refractivity (Wildman–Crippen MR) is 110 cm³/mol. The molecule has 0 spiro atoms. The number of halogens is 3. The predicted octanol–water partition coefficient (Wildman–Crippen LogP) is 5.40. The van der Waals surface area contributed by atoms with Gasteiger partial charge in [0.15, 0.2) is 0 Å². The Hall–Kier alpha value is -3.32. The van der Waals surface area contributed by atoms with Gasteiger partial charge >= 0.3 is 12.2 Å². The number of anilines is 1. The standard InChI is InChI=1S/C23H21F3N2O2/c1-22(30,18-13-11-17(12-14-18)16-7-3-2-4-8-16)15-27-21(29)28-20-10-6-5-9-19(20)23(24,25)26/h2-14,30H,15H2,1H3,(H2,27,28,29). The number of hydrogen-bond acceptors (Lipinski definition) is 2. The highest BCUT2D eigenvalue weighted by molar-refractivity contribution is 5.90. The summed E-state index contributed by atoms with van der Waals surface area (Å²) in [5, 5.41) is 15.3. The maximum absolute atomic E-state index is 13.0. The summed E-state index contributed by atoms with van der Waals surface area (Å²) in [6.07, 6.45) is -4.59. The summed E-state index contributed by atoms with van der Waals surface area (Å²) in [6.45, 7) is 1.34. The smallest absolute Gasteiger partial charge is 0.384 e. The van der Waals surface area contributed by atoms with Crippen LogP contribution in [0.3, 0.4) is 0 Å². The molecule has 1 atom stereocenters. The Morgan fingerprint density at radius 1 is 0.867 bits per heavy atom. The molecule has 0 saturated heterocycles. The first kappa shape index (κ1) is 21.4. The third-order valence-corrected chi connectivity index (χ3v) is 4.69. The van der Waals surface area contributed by atoms with E-state index in [0.717, 1.165) is 17.2 Å². The summed E-state index contributed by atoms with van der Waals surface area (Å²) in [7, 11) is 0. The largest absolute Gasteiger partial charge is 0.418 e. The van der Waals surface area contributed by atoms with Crippen LogP contribution in [0.4, 0.5) is 23.7 Å². The first-order valence-electron chi connectivity index (χ1n) is 9.26. The number of alkyl halides is 3. The van der Waals surface area contributed by atoms with E-state index >= 15 is 0 Å². The first-order chi connectivity index (χ1) is 14.2. The molecule has 3 N–H and O–H groups in total. The quantitative estimate of drug-likeness (QED) is 0.523. The molecular formula is C23H21F3N2O2. The van der Waals surface area contributed by atoms with Gasteiger partial charge in [0.2, 0.25) is 0 Å². The van der Waals surface area contributed by atoms with Crippen molar-refractivity contribution in [1.29, 1.82) is 0 Å². The molecule has 0 radical (unpaired) electrons. The van der Waals surface area contributed by atoms with E-state index in [1.807, 2.05) is 42.5 Å². The number of carbonyl (C=O) groups is 1. The molecule has 7 heteroatoms. The minimum atomic E-state index is -4.59. The van der Waals surface area contributed by atoms with E-state index in [-0.39, 0.29) is 12.2 Å². The van der Waals surface area contributed by atoms with Gasteiger partial charge in [-0.2, -0.15) is 13.2 Å². The topological polar surface area (TPSA) is 61.4 Å². The van der Waals surface area contributed by atoms with Crippen LogP contribution >= 0.6 is 0 Å². The lowest BCUT2D eigenvalue weighted by atomic mass is 9.94. The van der Waals surface area contributed by atoms with Crippen LogP contribution in [0.15, 0.2) is 78.9 Å². The second kappa shape index (κ2) is 8.59. The monoisotopic (exact) mass is 414 g/mol. The first-order valence-corrected chi connectivity index (χ1v) is 9.26. The molecule has 2 amide bonds. The molecule has 1 unspecified atom stereocenters. The van der Waals surface area contributed by atoms with Gasteiger partial charge in [0.25, 0.3) is 0 Å². The van der Waals surface area contributed by atoms with Gasteiger partial charge in [-0.1, -0.05) is 66.7 Å². The van der Waals surface area contributed by atoms with Crippen molar-refractivity contribution >= 4 is 11.7 Å². The zero-order chi connectivity index (χ0) is 21.8. The Kier molecular flexibility index (Phi) is 6.12. The molecule has 4 nitrogen and oxygen atoms in total. The van der Waals surface area contributed by atoms with E-state index < -0.39 is 23.4 Å². The Morgan fingerprint density at radius 2 is 1.43 bits per heavy atom. The fraction of sp³-hybridized carbons (Fsp3) is 0.174. The van der Waals surface area contributed by atoms with Gasteiger partial charge in [0.05, 0.1) is 17.8 Å². The van der Waals surface area contributed by atoms with Crippen molar-refractivity contribution in [3.05, 3.63) is 90.0 Å². The Balaban J connectivity index is 1.64. The zero-order valence-electron chi connectivity index (χ0n) is 16.2. The van der Waals surface area contributed by atoms with Gasteiger partial charge in [-0.25, -0.2) is 4.79 Å². The summed E-state index contributed by atoms with van der Waals surface area (Å²) >= 11 is 0. The number of urea groups is 1. The van der Waals surface area contributed by atoms with Crippen molar-refractivity contribution in [1.82, 2.24) is 5.32 Å². The molecule has 30 heavy (non-hydrogen) atoms. The second-order valence-corrected chi connectivity index (χ2v) is 7.07. The Bertz CT molecular complexity index is 1000. The van der Waals surface area contributed by atoms with Crippen LogP contribution in [-0.2, 0) is 11.8 Å². The van der Waals surface area contributed by atoms with Crippen LogP contribution in [0.25, 0.3) is 11.1 Å². The van der Waals surface area contributed by atoms with E-state index in [0.29, 0.717) is 5.56 Å². The molecular weight excluding hydrogens is 393 g/mol. The van der Waals surface area contributed by atoms with Crippen LogP contribution in [-0.4, -0.2) is 17.7 Å². The van der Waals surface area contributed by atoms with Crippen molar-refractivity contribution in [2.24, 2.45) is 0 Å². The number of amides is 2. The highest BCUT2D eigenvalue weighted by Gasteiger charge is 2.33. The summed E-state index contributed by atoms with van der Waals surface area (Å²) in [5.74, 6) is 0. The average molecular weight is 414 g/mol. The number of benzene rings is 3. The molecule has 0 aliphatic carbocycles. The third-order valence-electron chi connectivity index (χ3n) is 4.69. The minimum Gasteiger partial charge on any atom is -0.384 e. The number of hydrogen-bond donors (Lipinski definition) is 3. The molecule has 0 heterocycles. The van der Waals surface area contributed by atoms with Gasteiger partial charge in [-0.3, -0.25) is 0 Å². The third kappa shape index (κ3) is 5.18. The number of aliphatic hydroxyl groups is 1. The fourth-order valence-corrected chi connectivity index (χ4v) is 3.01. The van der Waals surface area contributed by atoms with Crippen molar-refractivity contribution in [3.8, 4) is 11.1 Å². The molecule has 3 aromatic carbocycles. The van der Waals surface area contributed by atoms with E-state index in [9.17, 15) is 23.1 Å². The van der Waals surface area contributed by atoms with Gasteiger partial charge in [-0.15, -0.1) is 0 Å². The maximum atomic E-state index is 13.0. The van der Waals surface area contributed by atoms with Crippen molar-refractivity contribution in [2.45, 2.75) is 18.7 Å². The van der Waals surface area contributed by atoms with Gasteiger partial charge in [0, 0.05) is 0 Å². The zero-order valence-corrected chi connectivity index (χ0v) is 16.2. The molecule has 0 fully saturated rings.